The zero-order valence-corrected chi connectivity index (χ0v) is 26.3. The Labute approximate surface area is 263 Å². The minimum atomic E-state index is -1.59. The number of hydrogen-bond acceptors (Lipinski definition) is 16. The Morgan fingerprint density at radius 2 is 1.18 bits per heavy atom. The third-order valence-corrected chi connectivity index (χ3v) is 7.42. The molecule has 0 saturated carbocycles. The van der Waals surface area contributed by atoms with Gasteiger partial charge in [0.2, 0.25) is 0 Å². The molecule has 0 unspecified atom stereocenters. The second-order valence-corrected chi connectivity index (χ2v) is 11.2. The van der Waals surface area contributed by atoms with Gasteiger partial charge < -0.3 is 42.6 Å². The molecule has 16 heteroatoms. The monoisotopic (exact) mass is 656 g/mol. The van der Waals surface area contributed by atoms with Crippen molar-refractivity contribution >= 4 is 47.6 Å². The first kappa shape index (κ1) is 35.7. The average molecular weight is 657 g/mol. The molecule has 2 saturated heterocycles. The van der Waals surface area contributed by atoms with E-state index in [9.17, 15) is 28.8 Å². The molecule has 2 aliphatic rings. The fourth-order valence-electron chi connectivity index (χ4n) is 4.72. The quantitative estimate of drug-likeness (QED) is 0.246. The smallest absolute Gasteiger partial charge is 0.303 e. The summed E-state index contributed by atoms with van der Waals surface area (Å²) in [6.07, 6.45) is -10.9. The van der Waals surface area contributed by atoms with Crippen molar-refractivity contribution in [1.29, 1.82) is 0 Å². The standard InChI is InChI=1S/C29H36O15S/c1-14(30)36-12-21-23(38-15(2)31)25(40-17(4)33)26(41-18(5)34)28(43-21)44-22-13-37-29(45-20-10-8-7-9-11-20)27(42-19(6)35)24(22)39-16(3)32/h7-11,21-29H,12-13H2,1-6H3/t21-,22-,23-,24+,25+,26-,27-,28+,29+/m1/s1. The van der Waals surface area contributed by atoms with Gasteiger partial charge in [-0.1, -0.05) is 30.0 Å². The number of rotatable bonds is 11. The van der Waals surface area contributed by atoms with Crippen LogP contribution in [-0.2, 0) is 71.4 Å². The topological polar surface area (TPSA) is 185 Å². The van der Waals surface area contributed by atoms with Crippen LogP contribution in [0.4, 0.5) is 0 Å². The van der Waals surface area contributed by atoms with E-state index in [2.05, 4.69) is 0 Å². The molecular formula is C29H36O15S. The van der Waals surface area contributed by atoms with Gasteiger partial charge in [-0.2, -0.15) is 0 Å². The summed E-state index contributed by atoms with van der Waals surface area (Å²) < 4.78 is 50.8. The predicted octanol–water partition coefficient (Wildman–Crippen LogP) is 1.47. The van der Waals surface area contributed by atoms with E-state index >= 15 is 0 Å². The molecule has 0 spiro atoms. The van der Waals surface area contributed by atoms with Gasteiger partial charge in [-0.25, -0.2) is 0 Å². The molecular weight excluding hydrogens is 620 g/mol. The Balaban J connectivity index is 2.01. The van der Waals surface area contributed by atoms with Crippen LogP contribution in [0.2, 0.25) is 0 Å². The molecule has 9 atom stereocenters. The van der Waals surface area contributed by atoms with E-state index in [-0.39, 0.29) is 6.61 Å². The highest BCUT2D eigenvalue weighted by Gasteiger charge is 2.55. The van der Waals surface area contributed by atoms with Crippen molar-refractivity contribution in [2.45, 2.75) is 101 Å². The molecule has 1 aromatic carbocycles. The number of esters is 6. The number of benzene rings is 1. The number of carbonyl (C=O) groups excluding carboxylic acids is 6. The van der Waals surface area contributed by atoms with Gasteiger partial charge in [0.15, 0.2) is 36.8 Å². The minimum absolute atomic E-state index is 0.229. The van der Waals surface area contributed by atoms with Crippen LogP contribution in [0.5, 0.6) is 0 Å². The van der Waals surface area contributed by atoms with E-state index in [1.807, 2.05) is 30.3 Å². The average Bonchev–Trinajstić information content (AvgIpc) is 2.93. The maximum absolute atomic E-state index is 12.3. The normalized spacial score (nSPS) is 29.4. The Bertz CT molecular complexity index is 1220. The fourth-order valence-corrected chi connectivity index (χ4v) is 5.79. The lowest BCUT2D eigenvalue weighted by atomic mass is 9.97. The largest absolute Gasteiger partial charge is 0.463 e. The predicted molar refractivity (Wildman–Crippen MR) is 150 cm³/mol. The Morgan fingerprint density at radius 3 is 1.73 bits per heavy atom. The summed E-state index contributed by atoms with van der Waals surface area (Å²) in [7, 11) is 0. The summed E-state index contributed by atoms with van der Waals surface area (Å²) in [5.41, 5.74) is -0.837. The van der Waals surface area contributed by atoms with E-state index in [1.54, 1.807) is 0 Å². The van der Waals surface area contributed by atoms with E-state index in [0.29, 0.717) is 0 Å². The van der Waals surface area contributed by atoms with Crippen LogP contribution in [0.25, 0.3) is 0 Å². The lowest BCUT2D eigenvalue weighted by molar-refractivity contribution is -0.332. The first-order valence-corrected chi connectivity index (χ1v) is 14.8. The summed E-state index contributed by atoms with van der Waals surface area (Å²) in [6.45, 7) is 6.04. The molecule has 3 rings (SSSR count). The number of thioether (sulfide) groups is 1. The highest BCUT2D eigenvalue weighted by Crippen LogP contribution is 2.37. The minimum Gasteiger partial charge on any atom is -0.463 e. The molecule has 0 bridgehead atoms. The lowest BCUT2D eigenvalue weighted by Gasteiger charge is -2.47. The van der Waals surface area contributed by atoms with Gasteiger partial charge in [0.05, 0.1) is 6.61 Å². The summed E-state index contributed by atoms with van der Waals surface area (Å²) in [6, 6.07) is 9.09. The van der Waals surface area contributed by atoms with Crippen molar-refractivity contribution in [1.82, 2.24) is 0 Å². The van der Waals surface area contributed by atoms with Crippen LogP contribution < -0.4 is 0 Å². The van der Waals surface area contributed by atoms with Gasteiger partial charge in [0.25, 0.3) is 0 Å². The second-order valence-electron chi connectivity index (χ2n) is 10.0. The third kappa shape index (κ3) is 10.7. The molecule has 2 heterocycles. The highest BCUT2D eigenvalue weighted by atomic mass is 32.2. The van der Waals surface area contributed by atoms with Crippen LogP contribution in [0.1, 0.15) is 41.5 Å². The van der Waals surface area contributed by atoms with Gasteiger partial charge in [-0.05, 0) is 12.1 Å². The van der Waals surface area contributed by atoms with Crippen LogP contribution in [0.3, 0.4) is 0 Å². The lowest BCUT2D eigenvalue weighted by Crippen LogP contribution is -2.65. The maximum atomic E-state index is 12.3. The molecule has 0 aromatic heterocycles. The fraction of sp³-hybridized carbons (Fsp3) is 0.586. The first-order chi connectivity index (χ1) is 21.2. The molecule has 1 aromatic rings. The molecule has 45 heavy (non-hydrogen) atoms. The van der Waals surface area contributed by atoms with Crippen molar-refractivity contribution < 1.29 is 71.4 Å². The molecule has 15 nitrogen and oxygen atoms in total. The summed E-state index contributed by atoms with van der Waals surface area (Å²) in [5, 5.41) is 0. The number of hydrogen-bond donors (Lipinski definition) is 0. The van der Waals surface area contributed by atoms with E-state index in [4.69, 9.17) is 42.6 Å². The summed E-state index contributed by atoms with van der Waals surface area (Å²) >= 11 is 1.22. The van der Waals surface area contributed by atoms with Crippen LogP contribution in [-0.4, -0.2) is 103 Å². The van der Waals surface area contributed by atoms with E-state index in [1.165, 1.54) is 18.7 Å². The molecule has 0 amide bonds. The number of ether oxygens (including phenoxy) is 9. The van der Waals surface area contributed by atoms with Crippen LogP contribution in [0.15, 0.2) is 35.2 Å². The zero-order valence-electron chi connectivity index (χ0n) is 25.5. The first-order valence-electron chi connectivity index (χ1n) is 13.9. The second kappa shape index (κ2) is 16.5. The van der Waals surface area contributed by atoms with Crippen LogP contribution in [0, 0.1) is 0 Å². The zero-order chi connectivity index (χ0) is 33.3. The van der Waals surface area contributed by atoms with Crippen LogP contribution >= 0.6 is 11.8 Å². The van der Waals surface area contributed by atoms with Gasteiger partial charge in [-0.15, -0.1) is 0 Å². The maximum Gasteiger partial charge on any atom is 0.303 e. The van der Waals surface area contributed by atoms with Crippen molar-refractivity contribution in [2.75, 3.05) is 13.2 Å². The molecule has 0 radical (unpaired) electrons. The van der Waals surface area contributed by atoms with Crippen molar-refractivity contribution in [2.24, 2.45) is 0 Å². The molecule has 2 aliphatic heterocycles. The van der Waals surface area contributed by atoms with Crippen molar-refractivity contribution in [3.8, 4) is 0 Å². The van der Waals surface area contributed by atoms with Gasteiger partial charge in [0, 0.05) is 46.4 Å². The third-order valence-electron chi connectivity index (χ3n) is 6.24. The Morgan fingerprint density at radius 1 is 0.667 bits per heavy atom. The Kier molecular flexibility index (Phi) is 13.1. The Hall–Kier alpha value is -3.73. The number of carbonyl (C=O) groups is 6. The molecule has 0 N–H and O–H groups in total. The van der Waals surface area contributed by atoms with E-state index in [0.717, 1.165) is 39.5 Å². The van der Waals surface area contributed by atoms with Crippen molar-refractivity contribution in [3.05, 3.63) is 30.3 Å². The van der Waals surface area contributed by atoms with Gasteiger partial charge in [-0.3, -0.25) is 28.8 Å². The highest BCUT2D eigenvalue weighted by molar-refractivity contribution is 7.99. The van der Waals surface area contributed by atoms with Crippen molar-refractivity contribution in [3.63, 3.8) is 0 Å². The molecule has 0 aliphatic carbocycles. The van der Waals surface area contributed by atoms with Gasteiger partial charge in [0.1, 0.15) is 24.3 Å². The molecule has 248 valence electrons. The summed E-state index contributed by atoms with van der Waals surface area (Å²) in [4.78, 5) is 73.2. The molecule has 2 fully saturated rings. The van der Waals surface area contributed by atoms with E-state index < -0.39 is 96.9 Å². The SMILES string of the molecule is CC(=O)OC[C@H]1O[C@@H](O[C@@H]2CO[C@@H](Sc3ccccc3)[C@H](OC(C)=O)[C@H]2OC(C)=O)[C@H](OC(C)=O)[C@@H](OC(C)=O)[C@@H]1OC(C)=O. The summed E-state index contributed by atoms with van der Waals surface area (Å²) in [5.74, 6) is -4.55. The van der Waals surface area contributed by atoms with Gasteiger partial charge >= 0.3 is 35.8 Å².